The Hall–Kier alpha value is -2.82. The van der Waals surface area contributed by atoms with Crippen LogP contribution in [0.25, 0.3) is 15.4 Å². The van der Waals surface area contributed by atoms with E-state index >= 15 is 0 Å². The van der Waals surface area contributed by atoms with E-state index < -0.39 is 0 Å². The van der Waals surface area contributed by atoms with Crippen LogP contribution in [0.4, 0.5) is 17.2 Å². The van der Waals surface area contributed by atoms with Crippen molar-refractivity contribution in [3.63, 3.8) is 0 Å². The SMILES string of the molecule is [C-]#[N+]c1c(N)nc(SCc2csc(-c3ccc(Cl)cc3)n2)c(C#N)c1N1CCOCC1. The quantitative estimate of drug-likeness (QED) is 0.416. The standard InChI is InChI=1S/C21H17ClN6OS2/c1-25-17-18(28-6-8-29-9-7-28)16(10-23)21(27-19(17)24)31-12-15-11-30-20(26-15)13-2-4-14(22)5-3-13/h2-5,11H,6-9,12H2,(H2,24,27). The van der Waals surface area contributed by atoms with Crippen LogP contribution in [0.3, 0.4) is 0 Å². The zero-order valence-electron chi connectivity index (χ0n) is 16.3. The highest BCUT2D eigenvalue weighted by molar-refractivity contribution is 7.98. The van der Waals surface area contributed by atoms with Gasteiger partial charge in [0.05, 0.1) is 36.7 Å². The monoisotopic (exact) mass is 468 g/mol. The number of hydrogen-bond donors (Lipinski definition) is 1. The summed E-state index contributed by atoms with van der Waals surface area (Å²) >= 11 is 8.91. The Balaban J connectivity index is 1.60. The van der Waals surface area contributed by atoms with Gasteiger partial charge in [-0.1, -0.05) is 35.5 Å². The van der Waals surface area contributed by atoms with Gasteiger partial charge in [0.15, 0.2) is 0 Å². The van der Waals surface area contributed by atoms with Gasteiger partial charge < -0.3 is 15.4 Å². The molecule has 10 heteroatoms. The van der Waals surface area contributed by atoms with E-state index in [1.165, 1.54) is 11.8 Å². The fraction of sp³-hybridized carbons (Fsp3) is 0.238. The number of hydrogen-bond acceptors (Lipinski definition) is 8. The Kier molecular flexibility index (Phi) is 6.59. The van der Waals surface area contributed by atoms with Gasteiger partial charge in [0.1, 0.15) is 21.9 Å². The minimum absolute atomic E-state index is 0.137. The molecular formula is C21H17ClN6OS2. The maximum absolute atomic E-state index is 9.88. The van der Waals surface area contributed by atoms with Gasteiger partial charge >= 0.3 is 0 Å². The van der Waals surface area contributed by atoms with Crippen molar-refractivity contribution in [1.82, 2.24) is 9.97 Å². The highest BCUT2D eigenvalue weighted by Gasteiger charge is 2.25. The average molecular weight is 469 g/mol. The van der Waals surface area contributed by atoms with E-state index in [1.54, 1.807) is 11.3 Å². The van der Waals surface area contributed by atoms with Crippen LogP contribution in [0.1, 0.15) is 11.3 Å². The summed E-state index contributed by atoms with van der Waals surface area (Å²) in [6.45, 7) is 9.81. The third-order valence-corrected chi connectivity index (χ3v) is 6.89. The number of nitrogen functional groups attached to an aromatic ring is 1. The third-order valence-electron chi connectivity index (χ3n) is 4.69. The lowest BCUT2D eigenvalue weighted by molar-refractivity contribution is 0.122. The molecule has 3 heterocycles. The van der Waals surface area contributed by atoms with Crippen molar-refractivity contribution in [2.75, 3.05) is 36.9 Å². The topological polar surface area (TPSA) is 92.4 Å². The van der Waals surface area contributed by atoms with Crippen molar-refractivity contribution >= 4 is 51.9 Å². The van der Waals surface area contributed by atoms with Gasteiger partial charge in [-0.05, 0) is 12.1 Å². The van der Waals surface area contributed by atoms with Crippen molar-refractivity contribution in [1.29, 1.82) is 5.26 Å². The van der Waals surface area contributed by atoms with Crippen LogP contribution in [0.5, 0.6) is 0 Å². The van der Waals surface area contributed by atoms with Gasteiger partial charge in [-0.3, -0.25) is 0 Å². The number of pyridine rings is 1. The molecule has 0 aliphatic carbocycles. The molecule has 1 aromatic carbocycles. The molecule has 31 heavy (non-hydrogen) atoms. The van der Waals surface area contributed by atoms with Crippen LogP contribution in [0.2, 0.25) is 5.02 Å². The summed E-state index contributed by atoms with van der Waals surface area (Å²) in [5.41, 5.74) is 9.13. The Morgan fingerprint density at radius 1 is 1.29 bits per heavy atom. The lowest BCUT2D eigenvalue weighted by atomic mass is 10.1. The number of aromatic nitrogens is 2. The molecule has 1 aliphatic heterocycles. The van der Waals surface area contributed by atoms with Gasteiger partial charge in [0.2, 0.25) is 0 Å². The van der Waals surface area contributed by atoms with Crippen molar-refractivity contribution in [3.05, 3.63) is 57.3 Å². The molecule has 0 atom stereocenters. The summed E-state index contributed by atoms with van der Waals surface area (Å²) < 4.78 is 5.41. The summed E-state index contributed by atoms with van der Waals surface area (Å²) in [7, 11) is 0. The number of nitrogens with zero attached hydrogens (tertiary/aromatic N) is 5. The second-order valence-corrected chi connectivity index (χ2v) is 8.90. The molecule has 0 amide bonds. The van der Waals surface area contributed by atoms with Gasteiger partial charge in [0, 0.05) is 34.8 Å². The fourth-order valence-corrected chi connectivity index (χ4v) is 5.15. The molecule has 0 bridgehead atoms. The Morgan fingerprint density at radius 3 is 2.71 bits per heavy atom. The zero-order valence-corrected chi connectivity index (χ0v) is 18.7. The maximum atomic E-state index is 9.88. The molecule has 7 nitrogen and oxygen atoms in total. The first kappa shape index (κ1) is 21.4. The minimum atomic E-state index is 0.137. The number of benzene rings is 1. The molecule has 156 valence electrons. The Labute approximate surface area is 193 Å². The normalized spacial score (nSPS) is 13.6. The number of nitrogens with two attached hydrogens (primary N) is 1. The summed E-state index contributed by atoms with van der Waals surface area (Å²) in [6, 6.07) is 9.79. The average Bonchev–Trinajstić information content (AvgIpc) is 3.27. The number of ether oxygens (including phenoxy) is 1. The molecule has 4 rings (SSSR count). The molecular weight excluding hydrogens is 452 g/mol. The van der Waals surface area contributed by atoms with E-state index in [9.17, 15) is 5.26 Å². The highest BCUT2D eigenvalue weighted by atomic mass is 35.5. The second-order valence-electron chi connectivity index (χ2n) is 6.64. The first-order valence-electron chi connectivity index (χ1n) is 9.37. The number of thioether (sulfide) groups is 1. The largest absolute Gasteiger partial charge is 0.392 e. The number of rotatable bonds is 5. The molecule has 1 aliphatic rings. The molecule has 1 saturated heterocycles. The van der Waals surface area contributed by atoms with Gasteiger partial charge in [-0.15, -0.1) is 11.3 Å². The van der Waals surface area contributed by atoms with Crippen molar-refractivity contribution < 1.29 is 4.74 Å². The van der Waals surface area contributed by atoms with Crippen molar-refractivity contribution in [3.8, 4) is 16.6 Å². The lowest BCUT2D eigenvalue weighted by Crippen LogP contribution is -2.37. The highest BCUT2D eigenvalue weighted by Crippen LogP contribution is 2.42. The van der Waals surface area contributed by atoms with Crippen LogP contribution < -0.4 is 10.6 Å². The third kappa shape index (κ3) is 4.60. The molecule has 1 fully saturated rings. The Bertz CT molecular complexity index is 1180. The van der Waals surface area contributed by atoms with Crippen molar-refractivity contribution in [2.24, 2.45) is 0 Å². The van der Waals surface area contributed by atoms with E-state index in [-0.39, 0.29) is 11.5 Å². The minimum Gasteiger partial charge on any atom is -0.392 e. The van der Waals surface area contributed by atoms with Crippen LogP contribution >= 0.6 is 34.7 Å². The second kappa shape index (κ2) is 9.54. The van der Waals surface area contributed by atoms with E-state index in [2.05, 4.69) is 20.9 Å². The summed E-state index contributed by atoms with van der Waals surface area (Å²) in [4.78, 5) is 14.6. The van der Waals surface area contributed by atoms with E-state index in [4.69, 9.17) is 28.6 Å². The van der Waals surface area contributed by atoms with Gasteiger partial charge in [-0.25, -0.2) is 14.8 Å². The maximum Gasteiger partial charge on any atom is 0.251 e. The number of thiazole rings is 1. The van der Waals surface area contributed by atoms with Crippen LogP contribution in [-0.4, -0.2) is 36.3 Å². The van der Waals surface area contributed by atoms with E-state index in [0.717, 1.165) is 16.3 Å². The first-order valence-corrected chi connectivity index (χ1v) is 11.6. The molecule has 3 aromatic rings. The van der Waals surface area contributed by atoms with E-state index in [0.29, 0.717) is 53.4 Å². The molecule has 0 radical (unpaired) electrons. The predicted molar refractivity (Wildman–Crippen MR) is 125 cm³/mol. The molecule has 2 aromatic heterocycles. The lowest BCUT2D eigenvalue weighted by Gasteiger charge is -2.31. The molecule has 0 saturated carbocycles. The molecule has 0 spiro atoms. The predicted octanol–water partition coefficient (Wildman–Crippen LogP) is 4.99. The summed E-state index contributed by atoms with van der Waals surface area (Å²) in [5, 5.41) is 14.0. The smallest absolute Gasteiger partial charge is 0.251 e. The van der Waals surface area contributed by atoms with Gasteiger partial charge in [0.25, 0.3) is 5.69 Å². The number of anilines is 2. The Morgan fingerprint density at radius 2 is 2.03 bits per heavy atom. The van der Waals surface area contributed by atoms with E-state index in [1.807, 2.05) is 34.5 Å². The number of nitriles is 1. The van der Waals surface area contributed by atoms with Crippen LogP contribution in [-0.2, 0) is 10.5 Å². The summed E-state index contributed by atoms with van der Waals surface area (Å²) in [6.07, 6.45) is 0. The van der Waals surface area contributed by atoms with Gasteiger partial charge in [-0.2, -0.15) is 5.26 Å². The molecule has 0 unspecified atom stereocenters. The molecule has 2 N–H and O–H groups in total. The summed E-state index contributed by atoms with van der Waals surface area (Å²) in [5.74, 6) is 0.670. The number of morpholine rings is 1. The fourth-order valence-electron chi connectivity index (χ4n) is 3.21. The van der Waals surface area contributed by atoms with Crippen molar-refractivity contribution in [2.45, 2.75) is 10.8 Å². The first-order chi connectivity index (χ1) is 15.1. The zero-order chi connectivity index (χ0) is 21.8. The number of halogens is 1. The van der Waals surface area contributed by atoms with Crippen LogP contribution in [0, 0.1) is 17.9 Å². The van der Waals surface area contributed by atoms with Crippen LogP contribution in [0.15, 0.2) is 34.7 Å².